The Morgan fingerprint density at radius 2 is 2.00 bits per heavy atom. The van der Waals surface area contributed by atoms with Gasteiger partial charge in [0.05, 0.1) is 0 Å². The van der Waals surface area contributed by atoms with E-state index in [9.17, 15) is 4.79 Å². The van der Waals surface area contributed by atoms with Gasteiger partial charge in [0.25, 0.3) is 0 Å². The van der Waals surface area contributed by atoms with Crippen LogP contribution in [0.25, 0.3) is 0 Å². The van der Waals surface area contributed by atoms with Gasteiger partial charge in [-0.15, -0.1) is 0 Å². The SMILES string of the molecule is C/C=C(\C=O)C(C)C. The number of hydrogen-bond acceptors (Lipinski definition) is 1. The lowest BCUT2D eigenvalue weighted by Gasteiger charge is -1.99. The molecule has 0 fully saturated rings. The topological polar surface area (TPSA) is 17.1 Å². The Morgan fingerprint density at radius 1 is 1.50 bits per heavy atom. The van der Waals surface area contributed by atoms with Gasteiger partial charge in [0.1, 0.15) is 6.29 Å². The molecule has 1 nitrogen and oxygen atoms in total. The van der Waals surface area contributed by atoms with Crippen molar-refractivity contribution in [3.63, 3.8) is 0 Å². The average Bonchev–Trinajstić information content (AvgIpc) is 1.69. The molecule has 0 aromatic rings. The number of carbonyl (C=O) groups is 1. The van der Waals surface area contributed by atoms with Crippen molar-refractivity contribution in [1.82, 2.24) is 0 Å². The Hall–Kier alpha value is -0.590. The number of hydrogen-bond donors (Lipinski definition) is 0. The molecule has 0 bridgehead atoms. The van der Waals surface area contributed by atoms with Crippen LogP contribution in [0.2, 0.25) is 0 Å². The predicted octanol–water partition coefficient (Wildman–Crippen LogP) is 1.79. The minimum Gasteiger partial charge on any atom is -0.298 e. The molecule has 0 saturated heterocycles. The predicted molar refractivity (Wildman–Crippen MR) is 34.7 cm³/mol. The van der Waals surface area contributed by atoms with Crippen LogP contribution in [0.3, 0.4) is 0 Å². The fourth-order valence-corrected chi connectivity index (χ4v) is 0.537. The summed E-state index contributed by atoms with van der Waals surface area (Å²) in [4.78, 5) is 10.1. The highest BCUT2D eigenvalue weighted by molar-refractivity contribution is 5.73. The Morgan fingerprint density at radius 3 is 2.00 bits per heavy atom. The maximum atomic E-state index is 10.1. The molecular weight excluding hydrogens is 100 g/mol. The average molecular weight is 112 g/mol. The van der Waals surface area contributed by atoms with Gasteiger partial charge in [0, 0.05) is 0 Å². The number of rotatable bonds is 2. The van der Waals surface area contributed by atoms with E-state index in [0.29, 0.717) is 5.92 Å². The van der Waals surface area contributed by atoms with Gasteiger partial charge in [0.2, 0.25) is 0 Å². The lowest BCUT2D eigenvalue weighted by atomic mass is 10.1. The maximum absolute atomic E-state index is 10.1. The molecule has 0 aliphatic carbocycles. The van der Waals surface area contributed by atoms with Gasteiger partial charge in [-0.2, -0.15) is 0 Å². The molecule has 0 spiro atoms. The third-order valence-corrected chi connectivity index (χ3v) is 1.14. The summed E-state index contributed by atoms with van der Waals surface area (Å²) in [5.41, 5.74) is 0.880. The molecule has 0 heterocycles. The summed E-state index contributed by atoms with van der Waals surface area (Å²) < 4.78 is 0. The molecule has 0 saturated carbocycles. The second kappa shape index (κ2) is 3.42. The van der Waals surface area contributed by atoms with E-state index in [0.717, 1.165) is 11.9 Å². The third kappa shape index (κ3) is 1.92. The smallest absolute Gasteiger partial charge is 0.145 e. The molecule has 0 aliphatic heterocycles. The van der Waals surface area contributed by atoms with Crippen molar-refractivity contribution in [2.24, 2.45) is 5.92 Å². The molecule has 0 radical (unpaired) electrons. The van der Waals surface area contributed by atoms with Crippen molar-refractivity contribution < 1.29 is 4.79 Å². The van der Waals surface area contributed by atoms with Crippen LogP contribution < -0.4 is 0 Å². The van der Waals surface area contributed by atoms with Gasteiger partial charge in [-0.3, -0.25) is 4.79 Å². The summed E-state index contributed by atoms with van der Waals surface area (Å²) in [7, 11) is 0. The van der Waals surface area contributed by atoms with Crippen molar-refractivity contribution in [2.75, 3.05) is 0 Å². The van der Waals surface area contributed by atoms with Crippen LogP contribution in [0, 0.1) is 5.92 Å². The molecule has 0 aromatic heterocycles. The summed E-state index contributed by atoms with van der Waals surface area (Å²) in [6.07, 6.45) is 2.75. The zero-order valence-electron chi connectivity index (χ0n) is 5.64. The molecule has 8 heavy (non-hydrogen) atoms. The number of allylic oxidation sites excluding steroid dienone is 2. The molecule has 0 aromatic carbocycles. The van der Waals surface area contributed by atoms with E-state index < -0.39 is 0 Å². The summed E-state index contributed by atoms with van der Waals surface area (Å²) >= 11 is 0. The van der Waals surface area contributed by atoms with Gasteiger partial charge in [-0.1, -0.05) is 19.9 Å². The van der Waals surface area contributed by atoms with Gasteiger partial charge in [0.15, 0.2) is 0 Å². The van der Waals surface area contributed by atoms with Crippen LogP contribution in [-0.4, -0.2) is 6.29 Å². The minimum absolute atomic E-state index is 0.373. The van der Waals surface area contributed by atoms with E-state index in [1.54, 1.807) is 0 Å². The number of aldehydes is 1. The Balaban J connectivity index is 3.91. The van der Waals surface area contributed by atoms with Gasteiger partial charge in [-0.25, -0.2) is 0 Å². The molecule has 1 heteroatoms. The fraction of sp³-hybridized carbons (Fsp3) is 0.571. The second-order valence-corrected chi connectivity index (χ2v) is 2.06. The van der Waals surface area contributed by atoms with Crippen LogP contribution in [0.4, 0.5) is 0 Å². The lowest BCUT2D eigenvalue weighted by molar-refractivity contribution is -0.105. The fourth-order valence-electron chi connectivity index (χ4n) is 0.537. The standard InChI is InChI=1S/C7H12O/c1-4-7(5-8)6(2)3/h4-6H,1-3H3/b7-4+. The Kier molecular flexibility index (Phi) is 3.16. The van der Waals surface area contributed by atoms with E-state index in [4.69, 9.17) is 0 Å². The van der Waals surface area contributed by atoms with Crippen LogP contribution >= 0.6 is 0 Å². The van der Waals surface area contributed by atoms with Gasteiger partial charge < -0.3 is 0 Å². The molecule has 46 valence electrons. The number of carbonyl (C=O) groups excluding carboxylic acids is 1. The van der Waals surface area contributed by atoms with Crippen molar-refractivity contribution >= 4 is 6.29 Å². The van der Waals surface area contributed by atoms with Crippen molar-refractivity contribution in [3.8, 4) is 0 Å². The van der Waals surface area contributed by atoms with Gasteiger partial charge >= 0.3 is 0 Å². The summed E-state index contributed by atoms with van der Waals surface area (Å²) in [6, 6.07) is 0. The van der Waals surface area contributed by atoms with E-state index in [1.165, 1.54) is 0 Å². The molecule has 0 rings (SSSR count). The van der Waals surface area contributed by atoms with E-state index >= 15 is 0 Å². The lowest BCUT2D eigenvalue weighted by Crippen LogP contribution is -1.93. The van der Waals surface area contributed by atoms with Crippen LogP contribution in [0.1, 0.15) is 20.8 Å². The second-order valence-electron chi connectivity index (χ2n) is 2.06. The van der Waals surface area contributed by atoms with Crippen molar-refractivity contribution in [1.29, 1.82) is 0 Å². The summed E-state index contributed by atoms with van der Waals surface area (Å²) in [5.74, 6) is 0.373. The van der Waals surface area contributed by atoms with Crippen LogP contribution in [0.15, 0.2) is 11.6 Å². The highest BCUT2D eigenvalue weighted by Crippen LogP contribution is 2.04. The highest BCUT2D eigenvalue weighted by Gasteiger charge is 1.96. The van der Waals surface area contributed by atoms with E-state index in [-0.39, 0.29) is 0 Å². The first kappa shape index (κ1) is 7.41. The van der Waals surface area contributed by atoms with E-state index in [2.05, 4.69) is 0 Å². The van der Waals surface area contributed by atoms with Crippen LogP contribution in [-0.2, 0) is 4.79 Å². The van der Waals surface area contributed by atoms with Crippen LogP contribution in [0.5, 0.6) is 0 Å². The third-order valence-electron chi connectivity index (χ3n) is 1.14. The zero-order chi connectivity index (χ0) is 6.57. The first-order valence-corrected chi connectivity index (χ1v) is 2.83. The van der Waals surface area contributed by atoms with Crippen molar-refractivity contribution in [3.05, 3.63) is 11.6 Å². The summed E-state index contributed by atoms with van der Waals surface area (Å²) in [5, 5.41) is 0. The van der Waals surface area contributed by atoms with Crippen molar-refractivity contribution in [2.45, 2.75) is 20.8 Å². The first-order chi connectivity index (χ1) is 3.72. The molecular formula is C7H12O. The largest absolute Gasteiger partial charge is 0.298 e. The highest BCUT2D eigenvalue weighted by atomic mass is 16.1. The molecule has 0 unspecified atom stereocenters. The first-order valence-electron chi connectivity index (χ1n) is 2.83. The normalized spacial score (nSPS) is 12.2. The minimum atomic E-state index is 0.373. The molecule has 0 aliphatic rings. The molecule has 0 N–H and O–H groups in total. The maximum Gasteiger partial charge on any atom is 0.145 e. The monoisotopic (exact) mass is 112 g/mol. The van der Waals surface area contributed by atoms with Gasteiger partial charge in [-0.05, 0) is 18.4 Å². The Labute approximate surface area is 50.4 Å². The molecule has 0 amide bonds. The quantitative estimate of drug-likeness (QED) is 0.393. The molecule has 0 atom stereocenters. The summed E-state index contributed by atoms with van der Waals surface area (Å²) in [6.45, 7) is 5.89. The Bertz CT molecular complexity index is 101. The van der Waals surface area contributed by atoms with E-state index in [1.807, 2.05) is 26.8 Å². The zero-order valence-corrected chi connectivity index (χ0v) is 5.64.